The molecule has 0 aliphatic rings. The van der Waals surface area contributed by atoms with Crippen LogP contribution >= 0.6 is 11.6 Å². The van der Waals surface area contributed by atoms with Crippen molar-refractivity contribution in [1.29, 1.82) is 0 Å². The van der Waals surface area contributed by atoms with Gasteiger partial charge in [0.2, 0.25) is 0 Å². The second-order valence-electron chi connectivity index (χ2n) is 7.65. The van der Waals surface area contributed by atoms with E-state index in [1.165, 1.54) is 0 Å². The van der Waals surface area contributed by atoms with Gasteiger partial charge >= 0.3 is 6.03 Å². The topological polar surface area (TPSA) is 77.2 Å². The molecule has 1 heterocycles. The smallest absolute Gasteiger partial charge is 0.319 e. The number of nitrogens with zero attached hydrogens (tertiary/aromatic N) is 1. The minimum atomic E-state index is -0.638. The van der Waals surface area contributed by atoms with Crippen LogP contribution in [0.3, 0.4) is 0 Å². The van der Waals surface area contributed by atoms with E-state index < -0.39 is 12.1 Å². The summed E-state index contributed by atoms with van der Waals surface area (Å²) in [6.07, 6.45) is 1.63. The number of anilines is 2. The molecule has 4 aromatic rings. The third-order valence-corrected chi connectivity index (χ3v) is 5.47. The third kappa shape index (κ3) is 4.60. The highest BCUT2D eigenvalue weighted by molar-refractivity contribution is 6.31. The van der Waals surface area contributed by atoms with Crippen molar-refractivity contribution in [3.63, 3.8) is 0 Å². The summed E-state index contributed by atoms with van der Waals surface area (Å²) in [5, 5.41) is 6.84. The minimum Gasteiger partial charge on any atom is -0.378 e. The number of amides is 2. The fraction of sp³-hybridized carbons (Fsp3) is 0.120. The average Bonchev–Trinajstić information content (AvgIpc) is 2.79. The van der Waals surface area contributed by atoms with E-state index in [9.17, 15) is 9.59 Å². The van der Waals surface area contributed by atoms with Gasteiger partial charge in [-0.15, -0.1) is 0 Å². The monoisotopic (exact) mass is 446 g/mol. The molecule has 0 radical (unpaired) electrons. The van der Waals surface area contributed by atoms with Crippen molar-refractivity contribution < 1.29 is 4.79 Å². The summed E-state index contributed by atoms with van der Waals surface area (Å²) >= 11 is 6.05. The minimum absolute atomic E-state index is 0.167. The second-order valence-corrected chi connectivity index (χ2v) is 8.08. The van der Waals surface area contributed by atoms with Crippen LogP contribution in [0.5, 0.6) is 0 Å². The van der Waals surface area contributed by atoms with Crippen molar-refractivity contribution in [3.8, 4) is 0 Å². The molecule has 162 valence electrons. The molecule has 3 aromatic carbocycles. The van der Waals surface area contributed by atoms with E-state index in [0.717, 1.165) is 11.3 Å². The molecular weight excluding hydrogens is 424 g/mol. The van der Waals surface area contributed by atoms with Gasteiger partial charge < -0.3 is 20.5 Å². The highest BCUT2D eigenvalue weighted by Crippen LogP contribution is 2.23. The maximum Gasteiger partial charge on any atom is 0.319 e. The molecule has 6 nitrogen and oxygen atoms in total. The molecule has 7 heteroatoms. The SMILES string of the molecule is CN(C)c1ccc(NC(=O)NC(c2ccccc2)c2c[nH]c3cc(Cl)ccc3c2=O)cc1. The molecule has 0 spiro atoms. The van der Waals surface area contributed by atoms with Gasteiger partial charge in [0, 0.05) is 47.6 Å². The molecule has 0 aliphatic carbocycles. The van der Waals surface area contributed by atoms with Gasteiger partial charge in [-0.05, 0) is 48.0 Å². The van der Waals surface area contributed by atoms with E-state index in [2.05, 4.69) is 15.6 Å². The Bertz CT molecular complexity index is 1300. The van der Waals surface area contributed by atoms with Crippen molar-refractivity contribution in [3.05, 3.63) is 105 Å². The lowest BCUT2D eigenvalue weighted by Crippen LogP contribution is -2.35. The number of halogens is 1. The van der Waals surface area contributed by atoms with Gasteiger partial charge in [-0.2, -0.15) is 0 Å². The number of aromatic amines is 1. The molecule has 1 unspecified atom stereocenters. The number of rotatable bonds is 5. The summed E-state index contributed by atoms with van der Waals surface area (Å²) < 4.78 is 0. The number of carbonyl (C=O) groups is 1. The van der Waals surface area contributed by atoms with Crippen LogP contribution in [0.4, 0.5) is 16.2 Å². The largest absolute Gasteiger partial charge is 0.378 e. The van der Waals surface area contributed by atoms with Gasteiger partial charge in [-0.25, -0.2) is 4.79 Å². The zero-order chi connectivity index (χ0) is 22.7. The Morgan fingerprint density at radius 1 is 1.00 bits per heavy atom. The quantitative estimate of drug-likeness (QED) is 0.396. The van der Waals surface area contributed by atoms with Crippen LogP contribution in [0.25, 0.3) is 10.9 Å². The van der Waals surface area contributed by atoms with Crippen molar-refractivity contribution in [2.45, 2.75) is 6.04 Å². The number of carbonyl (C=O) groups excluding carboxylic acids is 1. The van der Waals surface area contributed by atoms with Crippen LogP contribution in [0.15, 0.2) is 83.8 Å². The van der Waals surface area contributed by atoms with Crippen molar-refractivity contribution in [1.82, 2.24) is 10.3 Å². The summed E-state index contributed by atoms with van der Waals surface area (Å²) in [5.74, 6) is 0. The lowest BCUT2D eigenvalue weighted by atomic mass is 9.98. The molecule has 1 atom stereocenters. The molecule has 0 fully saturated rings. The number of nitrogens with one attached hydrogen (secondary N) is 3. The molecule has 32 heavy (non-hydrogen) atoms. The lowest BCUT2D eigenvalue weighted by molar-refractivity contribution is 0.250. The van der Waals surface area contributed by atoms with E-state index in [1.54, 1.807) is 24.4 Å². The maximum absolute atomic E-state index is 13.3. The predicted octanol–water partition coefficient (Wildman–Crippen LogP) is 5.16. The number of H-pyrrole nitrogens is 1. The van der Waals surface area contributed by atoms with Gasteiger partial charge in [0.05, 0.1) is 11.6 Å². The summed E-state index contributed by atoms with van der Waals surface area (Å²) in [5.41, 5.74) is 3.39. The first-order valence-electron chi connectivity index (χ1n) is 10.1. The standard InChI is InChI=1S/C25H23ClN4O2/c1-30(2)19-11-9-18(10-12-19)28-25(32)29-23(16-6-4-3-5-7-16)21-15-27-22-14-17(26)8-13-20(22)24(21)31/h3-15,23H,1-2H3,(H,27,31)(H2,28,29,32). The van der Waals surface area contributed by atoms with E-state index >= 15 is 0 Å². The van der Waals surface area contributed by atoms with Crippen molar-refractivity contribution >= 4 is 39.9 Å². The molecule has 2 amide bonds. The van der Waals surface area contributed by atoms with E-state index in [1.807, 2.05) is 73.6 Å². The average molecular weight is 447 g/mol. The molecule has 4 rings (SSSR count). The Hall–Kier alpha value is -3.77. The summed E-state index contributed by atoms with van der Waals surface area (Å²) in [7, 11) is 3.91. The molecule has 1 aromatic heterocycles. The molecule has 0 saturated carbocycles. The number of fused-ring (bicyclic) bond motifs is 1. The summed E-state index contributed by atoms with van der Waals surface area (Å²) in [4.78, 5) is 31.2. The van der Waals surface area contributed by atoms with Gasteiger partial charge in [-0.3, -0.25) is 4.79 Å². The third-order valence-electron chi connectivity index (χ3n) is 5.23. The molecule has 0 aliphatic heterocycles. The van der Waals surface area contributed by atoms with Gasteiger partial charge in [0.15, 0.2) is 5.43 Å². The van der Waals surface area contributed by atoms with Gasteiger partial charge in [-0.1, -0.05) is 41.9 Å². The number of benzene rings is 3. The predicted molar refractivity (Wildman–Crippen MR) is 131 cm³/mol. The Morgan fingerprint density at radius 3 is 2.41 bits per heavy atom. The lowest BCUT2D eigenvalue weighted by Gasteiger charge is -2.20. The Labute approximate surface area is 190 Å². The highest BCUT2D eigenvalue weighted by Gasteiger charge is 2.21. The van der Waals surface area contributed by atoms with Crippen LogP contribution in [-0.2, 0) is 0 Å². The van der Waals surface area contributed by atoms with Gasteiger partial charge in [0.1, 0.15) is 0 Å². The summed E-state index contributed by atoms with van der Waals surface area (Å²) in [6, 6.07) is 20.9. The molecular formula is C25H23ClN4O2. The number of hydrogen-bond donors (Lipinski definition) is 3. The summed E-state index contributed by atoms with van der Waals surface area (Å²) in [6.45, 7) is 0. The fourth-order valence-electron chi connectivity index (χ4n) is 3.55. The molecule has 0 bridgehead atoms. The van der Waals surface area contributed by atoms with Crippen molar-refractivity contribution in [2.75, 3.05) is 24.3 Å². The second kappa shape index (κ2) is 9.16. The van der Waals surface area contributed by atoms with Crippen molar-refractivity contribution in [2.24, 2.45) is 0 Å². The van der Waals surface area contributed by atoms with Crippen LogP contribution in [-0.4, -0.2) is 25.1 Å². The normalized spacial score (nSPS) is 11.7. The number of urea groups is 1. The van der Waals surface area contributed by atoms with Crippen LogP contribution < -0.4 is 21.0 Å². The van der Waals surface area contributed by atoms with E-state index in [-0.39, 0.29) is 5.43 Å². The van der Waals surface area contributed by atoms with Crippen LogP contribution in [0.2, 0.25) is 5.02 Å². The highest BCUT2D eigenvalue weighted by atomic mass is 35.5. The number of pyridine rings is 1. The van der Waals surface area contributed by atoms with Crippen LogP contribution in [0.1, 0.15) is 17.2 Å². The fourth-order valence-corrected chi connectivity index (χ4v) is 3.72. The Kier molecular flexibility index (Phi) is 6.14. The first kappa shape index (κ1) is 21.5. The van der Waals surface area contributed by atoms with Gasteiger partial charge in [0.25, 0.3) is 0 Å². The zero-order valence-corrected chi connectivity index (χ0v) is 18.5. The number of aromatic nitrogens is 1. The first-order chi connectivity index (χ1) is 15.4. The first-order valence-corrected chi connectivity index (χ1v) is 10.5. The molecule has 0 saturated heterocycles. The van der Waals surface area contributed by atoms with Crippen LogP contribution in [0, 0.1) is 0 Å². The molecule has 3 N–H and O–H groups in total. The Balaban J connectivity index is 1.65. The zero-order valence-electron chi connectivity index (χ0n) is 17.7. The van der Waals surface area contributed by atoms with E-state index in [4.69, 9.17) is 11.6 Å². The maximum atomic E-state index is 13.3. The number of hydrogen-bond acceptors (Lipinski definition) is 3. The Morgan fingerprint density at radius 2 is 1.72 bits per heavy atom. The van der Waals surface area contributed by atoms with E-state index in [0.29, 0.717) is 27.2 Å².